The SMILES string of the molecule is O=C(CNc1c(F)cccc1Cl)Nc1ccccc1Cl. The van der Waals surface area contributed by atoms with Crippen molar-refractivity contribution in [3.63, 3.8) is 0 Å². The van der Waals surface area contributed by atoms with E-state index in [0.29, 0.717) is 10.7 Å². The van der Waals surface area contributed by atoms with Gasteiger partial charge in [0, 0.05) is 0 Å². The molecule has 0 saturated carbocycles. The molecule has 1 amide bonds. The summed E-state index contributed by atoms with van der Waals surface area (Å²) in [7, 11) is 0. The summed E-state index contributed by atoms with van der Waals surface area (Å²) in [5, 5.41) is 5.93. The van der Waals surface area contributed by atoms with Crippen LogP contribution >= 0.6 is 23.2 Å². The minimum absolute atomic E-state index is 0.100. The standard InChI is InChI=1S/C14H11Cl2FN2O/c15-9-4-1-2-7-12(9)19-13(20)8-18-14-10(16)5-3-6-11(14)17/h1-7,18H,8H2,(H,19,20). The molecule has 3 nitrogen and oxygen atoms in total. The Labute approximate surface area is 125 Å². The van der Waals surface area contributed by atoms with Crippen molar-refractivity contribution in [2.45, 2.75) is 0 Å². The van der Waals surface area contributed by atoms with Crippen LogP contribution in [-0.4, -0.2) is 12.5 Å². The van der Waals surface area contributed by atoms with Crippen molar-refractivity contribution in [3.8, 4) is 0 Å². The molecule has 0 saturated heterocycles. The molecule has 6 heteroatoms. The summed E-state index contributed by atoms with van der Waals surface area (Å²) < 4.78 is 13.5. The quantitative estimate of drug-likeness (QED) is 0.889. The minimum Gasteiger partial charge on any atom is -0.373 e. The van der Waals surface area contributed by atoms with Gasteiger partial charge in [-0.05, 0) is 24.3 Å². The Kier molecular flexibility index (Phi) is 4.82. The molecule has 2 rings (SSSR count). The second kappa shape index (κ2) is 6.59. The molecular weight excluding hydrogens is 302 g/mol. The van der Waals surface area contributed by atoms with Crippen molar-refractivity contribution >= 4 is 40.5 Å². The summed E-state index contributed by atoms with van der Waals surface area (Å²) >= 11 is 11.8. The van der Waals surface area contributed by atoms with Crippen LogP contribution in [0, 0.1) is 5.82 Å². The Morgan fingerprint density at radius 3 is 2.45 bits per heavy atom. The molecule has 0 spiro atoms. The van der Waals surface area contributed by atoms with Crippen molar-refractivity contribution in [2.24, 2.45) is 0 Å². The van der Waals surface area contributed by atoms with Crippen molar-refractivity contribution in [3.05, 3.63) is 58.3 Å². The fraction of sp³-hybridized carbons (Fsp3) is 0.0714. The number of hydrogen-bond donors (Lipinski definition) is 2. The summed E-state index contributed by atoms with van der Waals surface area (Å²) in [6, 6.07) is 11.2. The van der Waals surface area contributed by atoms with Crippen LogP contribution in [0.2, 0.25) is 10.0 Å². The Morgan fingerprint density at radius 2 is 1.75 bits per heavy atom. The molecule has 0 aliphatic carbocycles. The highest BCUT2D eigenvalue weighted by Crippen LogP contribution is 2.24. The van der Waals surface area contributed by atoms with Crippen LogP contribution in [0.4, 0.5) is 15.8 Å². The van der Waals surface area contributed by atoms with Gasteiger partial charge in [-0.15, -0.1) is 0 Å². The number of anilines is 2. The monoisotopic (exact) mass is 312 g/mol. The molecule has 0 radical (unpaired) electrons. The van der Waals surface area contributed by atoms with Crippen molar-refractivity contribution in [1.29, 1.82) is 0 Å². The molecule has 0 unspecified atom stereocenters. The number of carbonyl (C=O) groups is 1. The number of hydrogen-bond acceptors (Lipinski definition) is 2. The maximum absolute atomic E-state index is 13.5. The number of benzene rings is 2. The first kappa shape index (κ1) is 14.6. The van der Waals surface area contributed by atoms with E-state index in [1.807, 2.05) is 0 Å². The molecule has 2 aromatic carbocycles. The van der Waals surface area contributed by atoms with Crippen LogP contribution in [0.25, 0.3) is 0 Å². The van der Waals surface area contributed by atoms with E-state index < -0.39 is 5.82 Å². The molecule has 0 aliphatic heterocycles. The Balaban J connectivity index is 1.98. The van der Waals surface area contributed by atoms with Crippen molar-refractivity contribution in [2.75, 3.05) is 17.2 Å². The van der Waals surface area contributed by atoms with Gasteiger partial charge in [-0.25, -0.2) is 4.39 Å². The van der Waals surface area contributed by atoms with Gasteiger partial charge in [-0.1, -0.05) is 41.4 Å². The molecule has 0 aliphatic rings. The van der Waals surface area contributed by atoms with Gasteiger partial charge in [0.1, 0.15) is 5.82 Å². The highest BCUT2D eigenvalue weighted by molar-refractivity contribution is 6.34. The van der Waals surface area contributed by atoms with Gasteiger partial charge in [0.15, 0.2) is 0 Å². The number of rotatable bonds is 4. The predicted octanol–water partition coefficient (Wildman–Crippen LogP) is 4.18. The smallest absolute Gasteiger partial charge is 0.243 e. The molecular formula is C14H11Cl2FN2O. The molecule has 2 aromatic rings. The number of halogens is 3. The highest BCUT2D eigenvalue weighted by Gasteiger charge is 2.09. The fourth-order valence-corrected chi connectivity index (χ4v) is 2.01. The summed E-state index contributed by atoms with van der Waals surface area (Å²) in [5.41, 5.74) is 0.601. The Hall–Kier alpha value is -1.78. The molecule has 20 heavy (non-hydrogen) atoms. The largest absolute Gasteiger partial charge is 0.373 e. The van der Waals surface area contributed by atoms with E-state index in [9.17, 15) is 9.18 Å². The number of nitrogens with one attached hydrogen (secondary N) is 2. The van der Waals surface area contributed by atoms with Crippen LogP contribution in [0.3, 0.4) is 0 Å². The molecule has 0 bridgehead atoms. The molecule has 104 valence electrons. The average Bonchev–Trinajstić information content (AvgIpc) is 2.41. The van der Waals surface area contributed by atoms with Crippen LogP contribution in [0.5, 0.6) is 0 Å². The van der Waals surface area contributed by atoms with Crippen LogP contribution in [0.15, 0.2) is 42.5 Å². The average molecular weight is 313 g/mol. The lowest BCUT2D eigenvalue weighted by atomic mass is 10.3. The maximum Gasteiger partial charge on any atom is 0.243 e. The molecule has 0 fully saturated rings. The normalized spacial score (nSPS) is 10.2. The zero-order valence-corrected chi connectivity index (χ0v) is 11.8. The van der Waals surface area contributed by atoms with Gasteiger partial charge >= 0.3 is 0 Å². The fourth-order valence-electron chi connectivity index (χ4n) is 1.59. The summed E-state index contributed by atoms with van der Waals surface area (Å²) in [4.78, 5) is 11.8. The lowest BCUT2D eigenvalue weighted by molar-refractivity contribution is -0.114. The maximum atomic E-state index is 13.5. The molecule has 2 N–H and O–H groups in total. The molecule has 0 aromatic heterocycles. The second-order valence-electron chi connectivity index (χ2n) is 3.98. The van der Waals surface area contributed by atoms with E-state index in [2.05, 4.69) is 10.6 Å². The van der Waals surface area contributed by atoms with Gasteiger partial charge in [0.2, 0.25) is 5.91 Å². The van der Waals surface area contributed by atoms with E-state index in [0.717, 1.165) is 0 Å². The number of amides is 1. The Bertz CT molecular complexity index is 614. The minimum atomic E-state index is -0.511. The van der Waals surface area contributed by atoms with E-state index >= 15 is 0 Å². The van der Waals surface area contributed by atoms with E-state index in [-0.39, 0.29) is 23.2 Å². The van der Waals surface area contributed by atoms with E-state index in [1.165, 1.54) is 12.1 Å². The zero-order valence-electron chi connectivity index (χ0n) is 10.3. The lowest BCUT2D eigenvalue weighted by Crippen LogP contribution is -2.22. The predicted molar refractivity (Wildman–Crippen MR) is 80.0 cm³/mol. The first-order valence-corrected chi connectivity index (χ1v) is 6.56. The van der Waals surface area contributed by atoms with Crippen molar-refractivity contribution in [1.82, 2.24) is 0 Å². The Morgan fingerprint density at radius 1 is 1.05 bits per heavy atom. The third-order valence-corrected chi connectivity index (χ3v) is 3.18. The third-order valence-electron chi connectivity index (χ3n) is 2.54. The summed E-state index contributed by atoms with van der Waals surface area (Å²) in [5.74, 6) is -0.861. The lowest BCUT2D eigenvalue weighted by Gasteiger charge is -2.10. The third kappa shape index (κ3) is 3.62. The van der Waals surface area contributed by atoms with Gasteiger partial charge in [0.05, 0.1) is 28.0 Å². The van der Waals surface area contributed by atoms with Gasteiger partial charge in [-0.2, -0.15) is 0 Å². The van der Waals surface area contributed by atoms with E-state index in [1.54, 1.807) is 30.3 Å². The van der Waals surface area contributed by atoms with E-state index in [4.69, 9.17) is 23.2 Å². The van der Waals surface area contributed by atoms with Crippen LogP contribution in [-0.2, 0) is 4.79 Å². The summed E-state index contributed by atoms with van der Waals surface area (Å²) in [6.07, 6.45) is 0. The first-order chi connectivity index (χ1) is 9.58. The van der Waals surface area contributed by atoms with Gasteiger partial charge < -0.3 is 10.6 Å². The number of carbonyl (C=O) groups excluding carboxylic acids is 1. The highest BCUT2D eigenvalue weighted by atomic mass is 35.5. The topological polar surface area (TPSA) is 41.1 Å². The van der Waals surface area contributed by atoms with Crippen LogP contribution in [0.1, 0.15) is 0 Å². The summed E-state index contributed by atoms with van der Waals surface area (Å²) in [6.45, 7) is -0.119. The first-order valence-electron chi connectivity index (χ1n) is 5.80. The second-order valence-corrected chi connectivity index (χ2v) is 4.79. The molecule has 0 atom stereocenters. The van der Waals surface area contributed by atoms with Gasteiger partial charge in [0.25, 0.3) is 0 Å². The van der Waals surface area contributed by atoms with Crippen molar-refractivity contribution < 1.29 is 9.18 Å². The van der Waals surface area contributed by atoms with Crippen LogP contribution < -0.4 is 10.6 Å². The number of para-hydroxylation sites is 2. The zero-order chi connectivity index (χ0) is 14.5. The van der Waals surface area contributed by atoms with Gasteiger partial charge in [-0.3, -0.25) is 4.79 Å². The molecule has 0 heterocycles.